The molecule has 0 N–H and O–H groups in total. The number of likely N-dealkylation sites (N-methyl/N-ethyl adjacent to an activating group) is 1. The Morgan fingerprint density at radius 1 is 1.46 bits per heavy atom. The van der Waals surface area contributed by atoms with Crippen LogP contribution in [0.4, 0.5) is 0 Å². The molecule has 0 unspecified atom stereocenters. The van der Waals surface area contributed by atoms with Crippen LogP contribution in [-0.4, -0.2) is 18.5 Å². The number of hydrogen-bond donors (Lipinski definition) is 0. The van der Waals surface area contributed by atoms with Crippen LogP contribution >= 0.6 is 0 Å². The summed E-state index contributed by atoms with van der Waals surface area (Å²) in [6.07, 6.45) is 1.07. The van der Waals surface area contributed by atoms with Crippen molar-refractivity contribution in [2.45, 2.75) is 32.7 Å². The lowest BCUT2D eigenvalue weighted by Gasteiger charge is -2.20. The third-order valence-corrected chi connectivity index (χ3v) is 2.65. The molecule has 0 saturated heterocycles. The molecule has 0 bridgehead atoms. The van der Waals surface area contributed by atoms with Gasteiger partial charge in [0.2, 0.25) is 0 Å². The lowest BCUT2D eigenvalue weighted by atomic mass is 10.1. The first kappa shape index (κ1) is 8.82. The smallest absolute Gasteiger partial charge is 0.109 e. The van der Waals surface area contributed by atoms with Crippen LogP contribution in [0, 0.1) is 0 Å². The molecule has 0 aliphatic carbocycles. The van der Waals surface area contributed by atoms with Gasteiger partial charge < -0.3 is 9.32 Å². The van der Waals surface area contributed by atoms with E-state index in [0.29, 0.717) is 5.92 Å². The Labute approximate surface area is 79.5 Å². The highest BCUT2D eigenvalue weighted by molar-refractivity contribution is 5.25. The van der Waals surface area contributed by atoms with Gasteiger partial charge in [-0.2, -0.15) is 0 Å². The van der Waals surface area contributed by atoms with Crippen molar-refractivity contribution in [3.8, 4) is 0 Å². The molecule has 2 heterocycles. The van der Waals surface area contributed by atoms with Gasteiger partial charge in [-0.1, -0.05) is 13.8 Å². The standard InChI is InChI=1S/C11H17NO/c1-8(2)11-6-9-7-12(3)5-4-10(9)13-11/h6,8H,4-5,7H2,1-3H3. The molecule has 2 nitrogen and oxygen atoms in total. The van der Waals surface area contributed by atoms with Gasteiger partial charge in [0.1, 0.15) is 11.5 Å². The zero-order valence-corrected chi connectivity index (χ0v) is 8.63. The van der Waals surface area contributed by atoms with Crippen molar-refractivity contribution in [2.75, 3.05) is 13.6 Å². The van der Waals surface area contributed by atoms with E-state index in [-0.39, 0.29) is 0 Å². The minimum Gasteiger partial charge on any atom is -0.465 e. The van der Waals surface area contributed by atoms with E-state index >= 15 is 0 Å². The largest absolute Gasteiger partial charge is 0.465 e. The molecule has 13 heavy (non-hydrogen) atoms. The normalized spacial score (nSPS) is 17.8. The quantitative estimate of drug-likeness (QED) is 0.658. The molecule has 2 heteroatoms. The molecular formula is C11H17NO. The van der Waals surface area contributed by atoms with E-state index in [4.69, 9.17) is 4.42 Å². The second-order valence-corrected chi connectivity index (χ2v) is 4.24. The molecule has 1 aliphatic rings. The molecule has 0 atom stereocenters. The van der Waals surface area contributed by atoms with Gasteiger partial charge in [-0.05, 0) is 13.1 Å². The van der Waals surface area contributed by atoms with Gasteiger partial charge in [-0.15, -0.1) is 0 Å². The number of hydrogen-bond acceptors (Lipinski definition) is 2. The van der Waals surface area contributed by atoms with Gasteiger partial charge in [0.15, 0.2) is 0 Å². The fourth-order valence-corrected chi connectivity index (χ4v) is 1.78. The van der Waals surface area contributed by atoms with Crippen LogP contribution in [-0.2, 0) is 13.0 Å². The van der Waals surface area contributed by atoms with Gasteiger partial charge in [0, 0.05) is 31.0 Å². The number of fused-ring (bicyclic) bond motifs is 1. The van der Waals surface area contributed by atoms with Crippen LogP contribution in [0.3, 0.4) is 0 Å². The van der Waals surface area contributed by atoms with Crippen molar-refractivity contribution < 1.29 is 4.42 Å². The second-order valence-electron chi connectivity index (χ2n) is 4.24. The molecule has 72 valence electrons. The predicted molar refractivity (Wildman–Crippen MR) is 52.8 cm³/mol. The van der Waals surface area contributed by atoms with Gasteiger partial charge >= 0.3 is 0 Å². The molecule has 0 amide bonds. The van der Waals surface area contributed by atoms with Crippen molar-refractivity contribution >= 4 is 0 Å². The van der Waals surface area contributed by atoms with E-state index < -0.39 is 0 Å². The molecule has 1 aromatic heterocycles. The summed E-state index contributed by atoms with van der Waals surface area (Å²) in [4.78, 5) is 2.34. The maximum absolute atomic E-state index is 5.79. The average molecular weight is 179 g/mol. The SMILES string of the molecule is CC(C)c1cc2c(o1)CCN(C)C2. The van der Waals surface area contributed by atoms with Crippen LogP contribution < -0.4 is 0 Å². The lowest BCUT2D eigenvalue weighted by Crippen LogP contribution is -2.25. The second kappa shape index (κ2) is 3.18. The van der Waals surface area contributed by atoms with E-state index in [9.17, 15) is 0 Å². The van der Waals surface area contributed by atoms with Crippen LogP contribution in [0.5, 0.6) is 0 Å². The summed E-state index contributed by atoms with van der Waals surface area (Å²) in [6.45, 7) is 6.52. The third kappa shape index (κ3) is 1.63. The highest BCUT2D eigenvalue weighted by Crippen LogP contribution is 2.26. The van der Waals surface area contributed by atoms with Crippen LogP contribution in [0.25, 0.3) is 0 Å². The van der Waals surface area contributed by atoms with Crippen molar-refractivity contribution in [2.24, 2.45) is 0 Å². The predicted octanol–water partition coefficient (Wildman–Crippen LogP) is 2.39. The summed E-state index contributed by atoms with van der Waals surface area (Å²) in [7, 11) is 2.16. The molecule has 1 aromatic rings. The molecule has 0 fully saturated rings. The Kier molecular flexibility index (Phi) is 2.16. The Hall–Kier alpha value is -0.760. The highest BCUT2D eigenvalue weighted by Gasteiger charge is 2.18. The maximum atomic E-state index is 5.79. The minimum atomic E-state index is 0.510. The van der Waals surface area contributed by atoms with E-state index in [1.54, 1.807) is 0 Å². The topological polar surface area (TPSA) is 16.4 Å². The summed E-state index contributed by atoms with van der Waals surface area (Å²) in [5.74, 6) is 2.86. The highest BCUT2D eigenvalue weighted by atomic mass is 16.3. The minimum absolute atomic E-state index is 0.510. The molecular weight excluding hydrogens is 162 g/mol. The van der Waals surface area contributed by atoms with Crippen molar-refractivity contribution in [1.82, 2.24) is 4.90 Å². The van der Waals surface area contributed by atoms with Crippen LogP contribution in [0.2, 0.25) is 0 Å². The first-order valence-electron chi connectivity index (χ1n) is 4.97. The molecule has 0 radical (unpaired) electrons. The summed E-state index contributed by atoms with van der Waals surface area (Å²) >= 11 is 0. The zero-order valence-electron chi connectivity index (χ0n) is 8.63. The number of nitrogens with zero attached hydrogens (tertiary/aromatic N) is 1. The van der Waals surface area contributed by atoms with E-state index in [0.717, 1.165) is 25.3 Å². The molecule has 0 saturated carbocycles. The monoisotopic (exact) mass is 179 g/mol. The summed E-state index contributed by atoms with van der Waals surface area (Å²) in [5, 5.41) is 0. The summed E-state index contributed by atoms with van der Waals surface area (Å²) in [6, 6.07) is 2.22. The first-order chi connectivity index (χ1) is 6.16. The van der Waals surface area contributed by atoms with Gasteiger partial charge in [-0.25, -0.2) is 0 Å². The van der Waals surface area contributed by atoms with Crippen molar-refractivity contribution in [3.63, 3.8) is 0 Å². The average Bonchev–Trinajstić information content (AvgIpc) is 2.46. The maximum Gasteiger partial charge on any atom is 0.109 e. The molecule has 0 aromatic carbocycles. The zero-order chi connectivity index (χ0) is 9.42. The number of rotatable bonds is 1. The fraction of sp³-hybridized carbons (Fsp3) is 0.636. The fourth-order valence-electron chi connectivity index (χ4n) is 1.78. The molecule has 2 rings (SSSR count). The molecule has 1 aliphatic heterocycles. The van der Waals surface area contributed by atoms with Gasteiger partial charge in [-0.3, -0.25) is 0 Å². The Balaban J connectivity index is 2.28. The van der Waals surface area contributed by atoms with Crippen molar-refractivity contribution in [3.05, 3.63) is 23.2 Å². The summed E-state index contributed by atoms with van der Waals surface area (Å²) < 4.78 is 5.79. The van der Waals surface area contributed by atoms with Gasteiger partial charge in [0.25, 0.3) is 0 Å². The summed E-state index contributed by atoms with van der Waals surface area (Å²) in [5.41, 5.74) is 1.39. The van der Waals surface area contributed by atoms with Crippen LogP contribution in [0.15, 0.2) is 10.5 Å². The lowest BCUT2D eigenvalue weighted by molar-refractivity contribution is 0.290. The van der Waals surface area contributed by atoms with Crippen LogP contribution in [0.1, 0.15) is 36.8 Å². The van der Waals surface area contributed by atoms with Gasteiger partial charge in [0.05, 0.1) is 0 Å². The first-order valence-corrected chi connectivity index (χ1v) is 4.97. The Morgan fingerprint density at radius 3 is 2.92 bits per heavy atom. The third-order valence-electron chi connectivity index (χ3n) is 2.65. The number of furan rings is 1. The van der Waals surface area contributed by atoms with E-state index in [1.807, 2.05) is 0 Å². The van der Waals surface area contributed by atoms with E-state index in [2.05, 4.69) is 31.9 Å². The van der Waals surface area contributed by atoms with Crippen molar-refractivity contribution in [1.29, 1.82) is 0 Å². The van der Waals surface area contributed by atoms with E-state index in [1.165, 1.54) is 11.3 Å². The Morgan fingerprint density at radius 2 is 2.23 bits per heavy atom. The Bertz CT molecular complexity index is 301. The molecule has 0 spiro atoms.